The molecule has 0 unspecified atom stereocenters. The number of carboxylic acids is 1. The number of imidazole rings is 1. The Morgan fingerprint density at radius 3 is 2.89 bits per heavy atom. The first-order chi connectivity index (χ1) is 8.35. The highest BCUT2D eigenvalue weighted by atomic mass is 79.9. The molecule has 0 amide bonds. The van der Waals surface area contributed by atoms with Crippen LogP contribution in [0.3, 0.4) is 0 Å². The molecule has 0 aliphatic carbocycles. The highest BCUT2D eigenvalue weighted by Crippen LogP contribution is 2.26. The summed E-state index contributed by atoms with van der Waals surface area (Å²) in [5.74, 6) is 0.0493. The van der Waals surface area contributed by atoms with Crippen molar-refractivity contribution in [2.75, 3.05) is 0 Å². The Labute approximate surface area is 114 Å². The van der Waals surface area contributed by atoms with Gasteiger partial charge in [0.2, 0.25) is 0 Å². The summed E-state index contributed by atoms with van der Waals surface area (Å²) < 4.78 is 0.995. The van der Waals surface area contributed by atoms with Crippen LogP contribution >= 0.6 is 15.9 Å². The molecule has 0 bridgehead atoms. The minimum atomic E-state index is -0.779. The minimum Gasteiger partial charge on any atom is -0.481 e. The van der Waals surface area contributed by atoms with E-state index >= 15 is 0 Å². The number of benzene rings is 1. The lowest BCUT2D eigenvalue weighted by molar-refractivity contribution is -0.139. The highest BCUT2D eigenvalue weighted by molar-refractivity contribution is 9.10. The fourth-order valence-corrected chi connectivity index (χ4v) is 2.40. The molecule has 5 heteroatoms. The lowest BCUT2D eigenvalue weighted by Crippen LogP contribution is -2.20. The van der Waals surface area contributed by atoms with Gasteiger partial charge in [-0.1, -0.05) is 29.8 Å². The van der Waals surface area contributed by atoms with Gasteiger partial charge in [0.1, 0.15) is 5.82 Å². The van der Waals surface area contributed by atoms with Crippen LogP contribution in [0.15, 0.2) is 22.7 Å². The standard InChI is InChI=1S/C13H15BrN2O2/c1-13(2,7-12(17)18)6-11-15-9-4-3-8(14)5-10(9)16-11/h3-5H,6-7H2,1-2H3,(H,15,16)(H,17,18). The van der Waals surface area contributed by atoms with Crippen LogP contribution in [0, 0.1) is 5.41 Å². The number of nitrogens with zero attached hydrogens (tertiary/aromatic N) is 1. The van der Waals surface area contributed by atoms with E-state index in [0.29, 0.717) is 6.42 Å². The van der Waals surface area contributed by atoms with Crippen molar-refractivity contribution in [1.29, 1.82) is 0 Å². The van der Waals surface area contributed by atoms with Crippen LogP contribution in [0.1, 0.15) is 26.1 Å². The summed E-state index contributed by atoms with van der Waals surface area (Å²) in [5.41, 5.74) is 1.56. The van der Waals surface area contributed by atoms with Gasteiger partial charge in [-0.25, -0.2) is 4.98 Å². The van der Waals surface area contributed by atoms with Gasteiger partial charge in [-0.15, -0.1) is 0 Å². The number of aliphatic carboxylic acids is 1. The Kier molecular flexibility index (Phi) is 3.43. The zero-order valence-electron chi connectivity index (χ0n) is 10.3. The van der Waals surface area contributed by atoms with Crippen molar-refractivity contribution in [2.45, 2.75) is 26.7 Å². The Balaban J connectivity index is 2.24. The molecule has 96 valence electrons. The molecule has 1 heterocycles. The molecule has 2 rings (SSSR count). The van der Waals surface area contributed by atoms with Gasteiger partial charge in [0.05, 0.1) is 17.5 Å². The maximum absolute atomic E-state index is 10.8. The van der Waals surface area contributed by atoms with E-state index in [-0.39, 0.29) is 11.8 Å². The predicted molar refractivity (Wildman–Crippen MR) is 73.5 cm³/mol. The second kappa shape index (κ2) is 4.72. The van der Waals surface area contributed by atoms with E-state index in [4.69, 9.17) is 5.11 Å². The molecular weight excluding hydrogens is 296 g/mol. The van der Waals surface area contributed by atoms with Crippen molar-refractivity contribution >= 4 is 32.9 Å². The van der Waals surface area contributed by atoms with Crippen LogP contribution in [-0.2, 0) is 11.2 Å². The van der Waals surface area contributed by atoms with Crippen LogP contribution < -0.4 is 0 Å². The number of hydrogen-bond acceptors (Lipinski definition) is 2. The molecule has 1 aromatic heterocycles. The largest absolute Gasteiger partial charge is 0.481 e. The first kappa shape index (κ1) is 13.1. The van der Waals surface area contributed by atoms with E-state index in [1.165, 1.54) is 0 Å². The van der Waals surface area contributed by atoms with Crippen molar-refractivity contribution in [3.8, 4) is 0 Å². The van der Waals surface area contributed by atoms with Crippen molar-refractivity contribution in [1.82, 2.24) is 9.97 Å². The number of nitrogens with one attached hydrogen (secondary N) is 1. The zero-order chi connectivity index (χ0) is 13.3. The summed E-state index contributed by atoms with van der Waals surface area (Å²) in [6.07, 6.45) is 0.749. The van der Waals surface area contributed by atoms with E-state index < -0.39 is 5.97 Å². The van der Waals surface area contributed by atoms with Crippen LogP contribution in [-0.4, -0.2) is 21.0 Å². The molecule has 18 heavy (non-hydrogen) atoms. The number of fused-ring (bicyclic) bond motifs is 1. The molecule has 2 aromatic rings. The second-order valence-corrected chi connectivity index (χ2v) is 6.17. The molecule has 0 fully saturated rings. The van der Waals surface area contributed by atoms with Gasteiger partial charge in [0, 0.05) is 10.9 Å². The van der Waals surface area contributed by atoms with Gasteiger partial charge in [0.15, 0.2) is 0 Å². The van der Waals surface area contributed by atoms with Crippen molar-refractivity contribution < 1.29 is 9.90 Å². The summed E-state index contributed by atoms with van der Waals surface area (Å²) in [7, 11) is 0. The van der Waals surface area contributed by atoms with Crippen LogP contribution in [0.25, 0.3) is 11.0 Å². The second-order valence-electron chi connectivity index (χ2n) is 5.26. The predicted octanol–water partition coefficient (Wildman–Crippen LogP) is 3.37. The highest BCUT2D eigenvalue weighted by Gasteiger charge is 2.23. The molecule has 0 saturated carbocycles. The summed E-state index contributed by atoms with van der Waals surface area (Å²) in [5, 5.41) is 8.87. The number of hydrogen-bond donors (Lipinski definition) is 2. The Bertz CT molecular complexity index is 590. The van der Waals surface area contributed by atoms with E-state index in [2.05, 4.69) is 25.9 Å². The Morgan fingerprint density at radius 2 is 2.22 bits per heavy atom. The number of rotatable bonds is 4. The van der Waals surface area contributed by atoms with Gasteiger partial charge >= 0.3 is 5.97 Å². The monoisotopic (exact) mass is 310 g/mol. The van der Waals surface area contributed by atoms with Crippen LogP contribution in [0.4, 0.5) is 0 Å². The fourth-order valence-electron chi connectivity index (χ4n) is 2.04. The lowest BCUT2D eigenvalue weighted by atomic mass is 9.85. The van der Waals surface area contributed by atoms with E-state index in [1.54, 1.807) is 0 Å². The van der Waals surface area contributed by atoms with Gasteiger partial charge in [-0.05, 0) is 23.6 Å². The fraction of sp³-hybridized carbons (Fsp3) is 0.385. The van der Waals surface area contributed by atoms with Gasteiger partial charge < -0.3 is 10.1 Å². The summed E-state index contributed by atoms with van der Waals surface area (Å²) in [6.45, 7) is 3.87. The lowest BCUT2D eigenvalue weighted by Gasteiger charge is -2.20. The topological polar surface area (TPSA) is 66.0 Å². The van der Waals surface area contributed by atoms with E-state index in [9.17, 15) is 4.79 Å². The van der Waals surface area contributed by atoms with Crippen molar-refractivity contribution in [2.24, 2.45) is 5.41 Å². The first-order valence-corrected chi connectivity index (χ1v) is 6.51. The SMILES string of the molecule is CC(C)(CC(=O)O)Cc1nc2ccc(Br)cc2[nH]1. The zero-order valence-corrected chi connectivity index (χ0v) is 11.9. The average molecular weight is 311 g/mol. The summed E-state index contributed by atoms with van der Waals surface area (Å²) >= 11 is 3.41. The molecule has 0 aliphatic heterocycles. The van der Waals surface area contributed by atoms with Gasteiger partial charge in [0.25, 0.3) is 0 Å². The smallest absolute Gasteiger partial charge is 0.303 e. The quantitative estimate of drug-likeness (QED) is 0.910. The third-order valence-corrected chi connectivity index (χ3v) is 3.26. The third-order valence-electron chi connectivity index (χ3n) is 2.77. The number of aromatic nitrogens is 2. The number of carboxylic acid groups (broad SMARTS) is 1. The summed E-state index contributed by atoms with van der Waals surface area (Å²) in [6, 6.07) is 5.84. The molecule has 1 aromatic carbocycles. The first-order valence-electron chi connectivity index (χ1n) is 5.72. The molecule has 0 aliphatic rings. The van der Waals surface area contributed by atoms with E-state index in [0.717, 1.165) is 21.3 Å². The maximum Gasteiger partial charge on any atom is 0.303 e. The van der Waals surface area contributed by atoms with Crippen LogP contribution in [0.2, 0.25) is 0 Å². The molecular formula is C13H15BrN2O2. The molecule has 4 nitrogen and oxygen atoms in total. The number of halogens is 1. The normalized spacial score (nSPS) is 11.9. The summed E-state index contributed by atoms with van der Waals surface area (Å²) in [4.78, 5) is 18.5. The molecule has 0 atom stereocenters. The molecule has 0 radical (unpaired) electrons. The average Bonchev–Trinajstić information content (AvgIpc) is 2.55. The maximum atomic E-state index is 10.8. The molecule has 0 spiro atoms. The Hall–Kier alpha value is -1.36. The van der Waals surface area contributed by atoms with Crippen molar-refractivity contribution in [3.05, 3.63) is 28.5 Å². The third kappa shape index (κ3) is 3.10. The number of carbonyl (C=O) groups is 1. The van der Waals surface area contributed by atoms with Gasteiger partial charge in [-0.3, -0.25) is 4.79 Å². The number of H-pyrrole nitrogens is 1. The molecule has 2 N–H and O–H groups in total. The Morgan fingerprint density at radius 1 is 1.50 bits per heavy atom. The number of aromatic amines is 1. The van der Waals surface area contributed by atoms with Crippen molar-refractivity contribution in [3.63, 3.8) is 0 Å². The van der Waals surface area contributed by atoms with E-state index in [1.807, 2.05) is 32.0 Å². The van der Waals surface area contributed by atoms with Crippen LogP contribution in [0.5, 0.6) is 0 Å². The minimum absolute atomic E-state index is 0.133. The van der Waals surface area contributed by atoms with Gasteiger partial charge in [-0.2, -0.15) is 0 Å². The molecule has 0 saturated heterocycles.